The SMILES string of the molecule is CNC(=O)c1ccn(-c2ccnc(C#N)c2)n1. The van der Waals surface area contributed by atoms with Crippen LogP contribution in [0.1, 0.15) is 16.2 Å². The van der Waals surface area contributed by atoms with Crippen LogP contribution in [0.2, 0.25) is 0 Å². The Balaban J connectivity index is 2.37. The number of carbonyl (C=O) groups is 1. The Morgan fingerprint density at radius 2 is 2.35 bits per heavy atom. The second-order valence-corrected chi connectivity index (χ2v) is 3.24. The maximum absolute atomic E-state index is 11.3. The van der Waals surface area contributed by atoms with Crippen molar-refractivity contribution in [3.8, 4) is 11.8 Å². The van der Waals surface area contributed by atoms with Crippen LogP contribution in [0.5, 0.6) is 0 Å². The zero-order valence-corrected chi connectivity index (χ0v) is 9.08. The number of hydrogen-bond acceptors (Lipinski definition) is 4. The third-order valence-corrected chi connectivity index (χ3v) is 2.17. The van der Waals surface area contributed by atoms with Gasteiger partial charge in [-0.3, -0.25) is 4.79 Å². The lowest BCUT2D eigenvalue weighted by molar-refractivity contribution is 0.0958. The number of pyridine rings is 1. The van der Waals surface area contributed by atoms with Gasteiger partial charge in [-0.25, -0.2) is 9.67 Å². The quantitative estimate of drug-likeness (QED) is 0.809. The topological polar surface area (TPSA) is 83.6 Å². The van der Waals surface area contributed by atoms with E-state index in [2.05, 4.69) is 15.4 Å². The lowest BCUT2D eigenvalue weighted by Crippen LogP contribution is -2.18. The number of nitriles is 1. The molecule has 6 heteroatoms. The standard InChI is InChI=1S/C11H9N5O/c1-13-11(17)10-3-5-16(15-10)9-2-4-14-8(6-9)7-12/h2-6H,1H3,(H,13,17). The van der Waals surface area contributed by atoms with Crippen molar-refractivity contribution in [2.75, 3.05) is 7.05 Å². The molecule has 2 rings (SSSR count). The van der Waals surface area contributed by atoms with Gasteiger partial charge in [0.1, 0.15) is 11.8 Å². The minimum atomic E-state index is -0.252. The normalized spacial score (nSPS) is 9.65. The molecule has 0 unspecified atom stereocenters. The third kappa shape index (κ3) is 2.13. The van der Waals surface area contributed by atoms with E-state index in [1.165, 1.54) is 10.9 Å². The summed E-state index contributed by atoms with van der Waals surface area (Å²) >= 11 is 0. The monoisotopic (exact) mass is 227 g/mol. The largest absolute Gasteiger partial charge is 0.354 e. The molecule has 0 spiro atoms. The highest BCUT2D eigenvalue weighted by atomic mass is 16.1. The van der Waals surface area contributed by atoms with Crippen molar-refractivity contribution in [1.29, 1.82) is 5.26 Å². The highest BCUT2D eigenvalue weighted by Crippen LogP contribution is 2.08. The van der Waals surface area contributed by atoms with Crippen molar-refractivity contribution < 1.29 is 4.79 Å². The number of aromatic nitrogens is 3. The molecule has 0 bridgehead atoms. The molecule has 1 N–H and O–H groups in total. The minimum absolute atomic E-state index is 0.252. The average Bonchev–Trinajstić information content (AvgIpc) is 2.87. The number of rotatable bonds is 2. The zero-order valence-electron chi connectivity index (χ0n) is 9.08. The van der Waals surface area contributed by atoms with Gasteiger partial charge in [0, 0.05) is 25.5 Å². The fourth-order valence-corrected chi connectivity index (χ4v) is 1.34. The summed E-state index contributed by atoms with van der Waals surface area (Å²) in [5, 5.41) is 15.3. The number of amides is 1. The fraction of sp³-hybridized carbons (Fsp3) is 0.0909. The van der Waals surface area contributed by atoms with Crippen molar-refractivity contribution in [3.05, 3.63) is 42.0 Å². The molecule has 2 aromatic rings. The zero-order chi connectivity index (χ0) is 12.3. The predicted octanol–water partition coefficient (Wildman–Crippen LogP) is 0.499. The summed E-state index contributed by atoms with van der Waals surface area (Å²) in [6.07, 6.45) is 3.18. The number of hydrogen-bond donors (Lipinski definition) is 1. The van der Waals surface area contributed by atoms with Crippen LogP contribution in [0, 0.1) is 11.3 Å². The van der Waals surface area contributed by atoms with Crippen LogP contribution in [0.4, 0.5) is 0 Å². The summed E-state index contributed by atoms with van der Waals surface area (Å²) in [4.78, 5) is 15.2. The van der Waals surface area contributed by atoms with E-state index in [0.717, 1.165) is 0 Å². The maximum atomic E-state index is 11.3. The first-order valence-electron chi connectivity index (χ1n) is 4.89. The Bertz CT molecular complexity index is 596. The van der Waals surface area contributed by atoms with Gasteiger partial charge < -0.3 is 5.32 Å². The molecule has 1 amide bonds. The molecule has 17 heavy (non-hydrogen) atoms. The second-order valence-electron chi connectivity index (χ2n) is 3.24. The van der Waals surface area contributed by atoms with Gasteiger partial charge in [-0.15, -0.1) is 0 Å². The van der Waals surface area contributed by atoms with Crippen molar-refractivity contribution in [2.24, 2.45) is 0 Å². The van der Waals surface area contributed by atoms with Gasteiger partial charge in [0.15, 0.2) is 5.69 Å². The van der Waals surface area contributed by atoms with Crippen LogP contribution in [0.15, 0.2) is 30.6 Å². The molecule has 2 aromatic heterocycles. The molecule has 0 aliphatic heterocycles. The van der Waals surface area contributed by atoms with Crippen LogP contribution < -0.4 is 5.32 Å². The highest BCUT2D eigenvalue weighted by Gasteiger charge is 2.08. The molecule has 0 atom stereocenters. The minimum Gasteiger partial charge on any atom is -0.354 e. The van der Waals surface area contributed by atoms with Crippen LogP contribution in [0.3, 0.4) is 0 Å². The van der Waals surface area contributed by atoms with Gasteiger partial charge in [0.2, 0.25) is 0 Å². The van der Waals surface area contributed by atoms with Crippen molar-refractivity contribution in [3.63, 3.8) is 0 Å². The average molecular weight is 227 g/mol. The van der Waals surface area contributed by atoms with Crippen molar-refractivity contribution in [1.82, 2.24) is 20.1 Å². The maximum Gasteiger partial charge on any atom is 0.271 e. The molecule has 0 radical (unpaired) electrons. The van der Waals surface area contributed by atoms with E-state index in [1.807, 2.05) is 6.07 Å². The molecule has 2 heterocycles. The van der Waals surface area contributed by atoms with E-state index in [0.29, 0.717) is 17.1 Å². The van der Waals surface area contributed by atoms with Crippen molar-refractivity contribution in [2.45, 2.75) is 0 Å². The Labute approximate surface area is 97.5 Å². The molecule has 0 aliphatic carbocycles. The van der Waals surface area contributed by atoms with Gasteiger partial charge in [-0.1, -0.05) is 0 Å². The molecule has 6 nitrogen and oxygen atoms in total. The van der Waals surface area contributed by atoms with Crippen LogP contribution in [-0.2, 0) is 0 Å². The number of nitrogens with zero attached hydrogens (tertiary/aromatic N) is 4. The molecule has 84 valence electrons. The summed E-state index contributed by atoms with van der Waals surface area (Å²) in [5.74, 6) is -0.252. The first-order valence-corrected chi connectivity index (χ1v) is 4.89. The Morgan fingerprint density at radius 3 is 3.06 bits per heavy atom. The summed E-state index contributed by atoms with van der Waals surface area (Å²) in [7, 11) is 1.54. The van der Waals surface area contributed by atoms with E-state index in [-0.39, 0.29) is 5.91 Å². The highest BCUT2D eigenvalue weighted by molar-refractivity contribution is 5.91. The molecule has 0 saturated heterocycles. The first-order chi connectivity index (χ1) is 8.24. The third-order valence-electron chi connectivity index (χ3n) is 2.17. The van der Waals surface area contributed by atoms with E-state index < -0.39 is 0 Å². The lowest BCUT2D eigenvalue weighted by atomic mass is 10.3. The summed E-state index contributed by atoms with van der Waals surface area (Å²) in [6.45, 7) is 0. The number of carbonyl (C=O) groups excluding carboxylic acids is 1. The molecular weight excluding hydrogens is 218 g/mol. The Kier molecular flexibility index (Phi) is 2.83. The fourth-order valence-electron chi connectivity index (χ4n) is 1.34. The van der Waals surface area contributed by atoms with E-state index in [4.69, 9.17) is 5.26 Å². The molecule has 0 saturated carbocycles. The van der Waals surface area contributed by atoms with Crippen LogP contribution in [0.25, 0.3) is 5.69 Å². The summed E-state index contributed by atoms with van der Waals surface area (Å²) in [6, 6.07) is 6.86. The van der Waals surface area contributed by atoms with Crippen LogP contribution >= 0.6 is 0 Å². The molecule has 0 aromatic carbocycles. The van der Waals surface area contributed by atoms with Gasteiger partial charge in [0.25, 0.3) is 5.91 Å². The summed E-state index contributed by atoms with van der Waals surface area (Å²) < 4.78 is 1.52. The van der Waals surface area contributed by atoms with Gasteiger partial charge in [-0.2, -0.15) is 10.4 Å². The Hall–Kier alpha value is -2.68. The first kappa shape index (κ1) is 10.8. The molecule has 0 aliphatic rings. The second kappa shape index (κ2) is 4.45. The smallest absolute Gasteiger partial charge is 0.271 e. The molecular formula is C11H9N5O. The van der Waals surface area contributed by atoms with E-state index >= 15 is 0 Å². The van der Waals surface area contributed by atoms with E-state index in [9.17, 15) is 4.79 Å². The summed E-state index contributed by atoms with van der Waals surface area (Å²) in [5.41, 5.74) is 1.31. The van der Waals surface area contributed by atoms with E-state index in [1.54, 1.807) is 31.4 Å². The van der Waals surface area contributed by atoms with Crippen molar-refractivity contribution >= 4 is 5.91 Å². The van der Waals surface area contributed by atoms with Crippen LogP contribution in [-0.4, -0.2) is 27.7 Å². The van der Waals surface area contributed by atoms with Gasteiger partial charge in [-0.05, 0) is 12.1 Å². The van der Waals surface area contributed by atoms with Gasteiger partial charge in [0.05, 0.1) is 5.69 Å². The predicted molar refractivity (Wildman–Crippen MR) is 59.5 cm³/mol. The molecule has 0 fully saturated rings. The lowest BCUT2D eigenvalue weighted by Gasteiger charge is -2.00. The number of nitrogens with one attached hydrogen (secondary N) is 1. The van der Waals surface area contributed by atoms with Gasteiger partial charge >= 0.3 is 0 Å². The Morgan fingerprint density at radius 1 is 1.53 bits per heavy atom.